The van der Waals surface area contributed by atoms with Gasteiger partial charge in [-0.1, -0.05) is 42.2 Å². The molecule has 194 valence electrons. The fourth-order valence-corrected chi connectivity index (χ4v) is 5.12. The number of amidine groups is 1. The van der Waals surface area contributed by atoms with Crippen LogP contribution in [0.25, 0.3) is 16.4 Å². The smallest absolute Gasteiger partial charge is 0.161 e. The number of nitrogens with one attached hydrogen (secondary N) is 1. The summed E-state index contributed by atoms with van der Waals surface area (Å²) in [6.07, 6.45) is 7.32. The van der Waals surface area contributed by atoms with Gasteiger partial charge in [0.15, 0.2) is 11.5 Å². The predicted octanol–water partition coefficient (Wildman–Crippen LogP) is 4.73. The summed E-state index contributed by atoms with van der Waals surface area (Å²) in [5.74, 6) is 1.85. The van der Waals surface area contributed by atoms with E-state index in [9.17, 15) is 5.11 Å². The van der Waals surface area contributed by atoms with Crippen LogP contribution >= 0.6 is 0 Å². The average Bonchev–Trinajstić information content (AvgIpc) is 3.46. The highest BCUT2D eigenvalue weighted by atomic mass is 16.6. The number of fused-ring (bicyclic) bond motifs is 1. The standard InChI is InChI=1S/C30H35N4O3/c31-30(33-27(21-35)17-22-5-8-24(9-6-22)25-4-3-11-32-19-25)26(20-34-12-1-2-13-34)16-23-7-10-28-29(18-23)37-15-14-36-28/h3-11,18-19,26-27,35H,1-2,12-17,20-21H2,(H-,31,33)/q-1/t26-,27?/m0/s1. The molecular formula is C30H35N4O3-. The first-order valence-electron chi connectivity index (χ1n) is 13.2. The molecule has 0 aliphatic carbocycles. The van der Waals surface area contributed by atoms with Gasteiger partial charge in [-0.3, -0.25) is 4.98 Å². The van der Waals surface area contributed by atoms with Crippen molar-refractivity contribution in [2.45, 2.75) is 31.7 Å². The van der Waals surface area contributed by atoms with Gasteiger partial charge in [-0.2, -0.15) is 0 Å². The third-order valence-corrected chi connectivity index (χ3v) is 7.11. The first kappa shape index (κ1) is 25.2. The van der Waals surface area contributed by atoms with Gasteiger partial charge in [0.25, 0.3) is 0 Å². The number of pyridine rings is 1. The lowest BCUT2D eigenvalue weighted by molar-refractivity contribution is 0.171. The molecule has 0 radical (unpaired) electrons. The van der Waals surface area contributed by atoms with Crippen LogP contribution in [-0.2, 0) is 12.8 Å². The molecule has 2 atom stereocenters. The molecule has 3 aromatic rings. The number of benzene rings is 2. The molecule has 5 rings (SSSR count). The zero-order valence-electron chi connectivity index (χ0n) is 21.2. The van der Waals surface area contributed by atoms with Crippen molar-refractivity contribution in [2.75, 3.05) is 39.5 Å². The van der Waals surface area contributed by atoms with Crippen molar-refractivity contribution < 1.29 is 14.6 Å². The van der Waals surface area contributed by atoms with E-state index in [-0.39, 0.29) is 18.6 Å². The summed E-state index contributed by atoms with van der Waals surface area (Å²) in [4.78, 5) is 6.62. The predicted molar refractivity (Wildman–Crippen MR) is 146 cm³/mol. The Hall–Kier alpha value is -3.42. The Labute approximate surface area is 219 Å². The summed E-state index contributed by atoms with van der Waals surface area (Å²) in [6.45, 7) is 3.97. The molecule has 2 aliphatic rings. The van der Waals surface area contributed by atoms with Crippen molar-refractivity contribution in [1.82, 2.24) is 9.88 Å². The van der Waals surface area contributed by atoms with Gasteiger partial charge in [0.1, 0.15) is 13.2 Å². The van der Waals surface area contributed by atoms with Crippen LogP contribution in [0.1, 0.15) is 24.0 Å². The van der Waals surface area contributed by atoms with E-state index in [4.69, 9.17) is 20.2 Å². The second-order valence-electron chi connectivity index (χ2n) is 9.88. The molecule has 0 amide bonds. The van der Waals surface area contributed by atoms with Gasteiger partial charge in [0.2, 0.25) is 0 Å². The van der Waals surface area contributed by atoms with Gasteiger partial charge in [0.05, 0.1) is 0 Å². The number of likely N-dealkylation sites (tertiary alicyclic amines) is 1. The van der Waals surface area contributed by atoms with E-state index in [2.05, 4.69) is 40.2 Å². The zero-order chi connectivity index (χ0) is 25.5. The molecule has 1 fully saturated rings. The highest BCUT2D eigenvalue weighted by Crippen LogP contribution is 2.32. The van der Waals surface area contributed by atoms with Gasteiger partial charge in [-0.05, 0) is 91.2 Å². The fourth-order valence-electron chi connectivity index (χ4n) is 5.12. The Bertz CT molecular complexity index is 1160. The van der Waals surface area contributed by atoms with Gasteiger partial charge < -0.3 is 30.2 Å². The Morgan fingerprint density at radius 3 is 2.43 bits per heavy atom. The van der Waals surface area contributed by atoms with E-state index in [0.717, 1.165) is 53.4 Å². The first-order chi connectivity index (χ1) is 18.2. The lowest BCUT2D eigenvalue weighted by Crippen LogP contribution is -2.34. The van der Waals surface area contributed by atoms with Gasteiger partial charge in [0, 0.05) is 25.5 Å². The van der Waals surface area contributed by atoms with Crippen LogP contribution in [0.4, 0.5) is 0 Å². The number of hydrogen-bond acceptors (Lipinski definition) is 6. The van der Waals surface area contributed by atoms with Crippen LogP contribution < -0.4 is 9.47 Å². The number of aliphatic hydroxyl groups excluding tert-OH is 1. The first-order valence-corrected chi connectivity index (χ1v) is 13.2. The van der Waals surface area contributed by atoms with Crippen molar-refractivity contribution in [3.8, 4) is 22.6 Å². The summed E-state index contributed by atoms with van der Waals surface area (Å²) in [5.41, 5.74) is 4.38. The van der Waals surface area contributed by atoms with Crippen LogP contribution in [0.3, 0.4) is 0 Å². The van der Waals surface area contributed by atoms with Crippen LogP contribution in [0.2, 0.25) is 0 Å². The SMILES string of the molecule is N=C([N-]C(CO)Cc1ccc(-c2cccnc2)cc1)[C@@H](Cc1ccc2c(c1)OCCO2)CN1CCCC1. The summed E-state index contributed by atoms with van der Waals surface area (Å²) < 4.78 is 11.4. The van der Waals surface area contributed by atoms with E-state index in [0.29, 0.717) is 31.9 Å². The van der Waals surface area contributed by atoms with E-state index in [1.807, 2.05) is 30.5 Å². The van der Waals surface area contributed by atoms with E-state index in [1.165, 1.54) is 12.8 Å². The Morgan fingerprint density at radius 1 is 0.946 bits per heavy atom. The molecule has 0 spiro atoms. The van der Waals surface area contributed by atoms with Crippen LogP contribution in [-0.4, -0.2) is 66.3 Å². The molecule has 7 nitrogen and oxygen atoms in total. The normalized spacial score (nSPS) is 16.8. The molecule has 0 saturated carbocycles. The van der Waals surface area contributed by atoms with Crippen molar-refractivity contribution in [3.63, 3.8) is 0 Å². The van der Waals surface area contributed by atoms with Crippen LogP contribution in [0, 0.1) is 11.3 Å². The molecule has 2 aromatic carbocycles. The summed E-state index contributed by atoms with van der Waals surface area (Å²) >= 11 is 0. The number of ether oxygens (including phenoxy) is 2. The quantitative estimate of drug-likeness (QED) is 0.311. The Morgan fingerprint density at radius 2 is 1.70 bits per heavy atom. The molecule has 0 bridgehead atoms. The zero-order valence-corrected chi connectivity index (χ0v) is 21.2. The number of rotatable bonds is 10. The maximum atomic E-state index is 10.1. The van der Waals surface area contributed by atoms with Crippen LogP contribution in [0.15, 0.2) is 67.0 Å². The fraction of sp³-hybridized carbons (Fsp3) is 0.400. The summed E-state index contributed by atoms with van der Waals surface area (Å²) in [6, 6.07) is 18.0. The molecule has 7 heteroatoms. The molecule has 1 saturated heterocycles. The molecule has 1 aromatic heterocycles. The van der Waals surface area contributed by atoms with Crippen molar-refractivity contribution in [2.24, 2.45) is 5.92 Å². The average molecular weight is 500 g/mol. The molecule has 2 aliphatic heterocycles. The topological polar surface area (TPSA) is 92.8 Å². The minimum absolute atomic E-state index is 0.0531. The third-order valence-electron chi connectivity index (χ3n) is 7.11. The van der Waals surface area contributed by atoms with Crippen molar-refractivity contribution in [3.05, 3.63) is 83.4 Å². The van der Waals surface area contributed by atoms with Crippen LogP contribution in [0.5, 0.6) is 11.5 Å². The third kappa shape index (κ3) is 6.67. The molecule has 1 unspecified atom stereocenters. The molecule has 37 heavy (non-hydrogen) atoms. The maximum absolute atomic E-state index is 10.1. The van der Waals surface area contributed by atoms with E-state index < -0.39 is 0 Å². The maximum Gasteiger partial charge on any atom is 0.161 e. The summed E-state index contributed by atoms with van der Waals surface area (Å²) in [5, 5.41) is 23.8. The highest BCUT2D eigenvalue weighted by molar-refractivity contribution is 5.94. The van der Waals surface area contributed by atoms with Crippen molar-refractivity contribution >= 4 is 5.84 Å². The van der Waals surface area contributed by atoms with Crippen molar-refractivity contribution in [1.29, 1.82) is 5.41 Å². The Balaban J connectivity index is 1.25. The number of nitrogens with zero attached hydrogens (tertiary/aromatic N) is 3. The molecular weight excluding hydrogens is 464 g/mol. The highest BCUT2D eigenvalue weighted by Gasteiger charge is 2.21. The second kappa shape index (κ2) is 12.2. The summed E-state index contributed by atoms with van der Waals surface area (Å²) in [7, 11) is 0. The number of aliphatic hydroxyl groups is 1. The Kier molecular flexibility index (Phi) is 8.33. The number of hydrogen-bond donors (Lipinski definition) is 2. The monoisotopic (exact) mass is 499 g/mol. The minimum atomic E-state index is -0.349. The lowest BCUT2D eigenvalue weighted by atomic mass is 9.95. The van der Waals surface area contributed by atoms with Gasteiger partial charge in [-0.25, -0.2) is 0 Å². The van der Waals surface area contributed by atoms with E-state index >= 15 is 0 Å². The molecule has 2 N–H and O–H groups in total. The lowest BCUT2D eigenvalue weighted by Gasteiger charge is -2.33. The molecule has 3 heterocycles. The number of aromatic nitrogens is 1. The van der Waals surface area contributed by atoms with Gasteiger partial charge in [-0.15, -0.1) is 0 Å². The minimum Gasteiger partial charge on any atom is -0.486 e. The van der Waals surface area contributed by atoms with Gasteiger partial charge >= 0.3 is 0 Å². The largest absolute Gasteiger partial charge is 0.486 e. The second-order valence-corrected chi connectivity index (χ2v) is 9.88. The van der Waals surface area contributed by atoms with E-state index in [1.54, 1.807) is 6.20 Å².